The lowest BCUT2D eigenvalue weighted by atomic mass is 10.2. The second-order valence-corrected chi connectivity index (χ2v) is 5.12. The first-order valence-electron chi connectivity index (χ1n) is 7.03. The molecule has 3 heterocycles. The van der Waals surface area contributed by atoms with E-state index < -0.39 is 0 Å². The van der Waals surface area contributed by atoms with Crippen LogP contribution >= 0.6 is 0 Å². The van der Waals surface area contributed by atoms with Crippen molar-refractivity contribution >= 4 is 0 Å². The lowest BCUT2D eigenvalue weighted by Gasteiger charge is -2.26. The van der Waals surface area contributed by atoms with Crippen LogP contribution < -0.4 is 5.32 Å². The third kappa shape index (κ3) is 3.08. The van der Waals surface area contributed by atoms with E-state index in [0.29, 0.717) is 6.04 Å². The van der Waals surface area contributed by atoms with Gasteiger partial charge in [-0.25, -0.2) is 0 Å². The fourth-order valence-electron chi connectivity index (χ4n) is 2.77. The van der Waals surface area contributed by atoms with E-state index in [1.165, 1.54) is 31.5 Å². The zero-order chi connectivity index (χ0) is 12.9. The molecule has 0 aliphatic carbocycles. The molecule has 0 aromatic carbocycles. The molecule has 4 heteroatoms. The standard InChI is InChI=1S/C15H21N3O/c1-2-8-18(7-1)14(15-4-3-9-19-15)12-17-11-13-5-6-16-10-13/h3-6,9-10,14,16-17H,1-2,7-8,11-12H2. The number of H-pyrrole nitrogens is 1. The number of rotatable bonds is 6. The van der Waals surface area contributed by atoms with Gasteiger partial charge in [-0.1, -0.05) is 0 Å². The molecule has 0 amide bonds. The van der Waals surface area contributed by atoms with Gasteiger partial charge in [0.05, 0.1) is 12.3 Å². The van der Waals surface area contributed by atoms with Crippen molar-refractivity contribution in [1.82, 2.24) is 15.2 Å². The Morgan fingerprint density at radius 3 is 2.89 bits per heavy atom. The van der Waals surface area contributed by atoms with Crippen LogP contribution in [-0.2, 0) is 6.54 Å². The maximum absolute atomic E-state index is 5.61. The number of aromatic amines is 1. The molecule has 0 saturated carbocycles. The van der Waals surface area contributed by atoms with Crippen LogP contribution in [0, 0.1) is 0 Å². The summed E-state index contributed by atoms with van der Waals surface area (Å²) in [4.78, 5) is 5.60. The summed E-state index contributed by atoms with van der Waals surface area (Å²) in [6.07, 6.45) is 8.36. The van der Waals surface area contributed by atoms with E-state index in [9.17, 15) is 0 Å². The van der Waals surface area contributed by atoms with Crippen LogP contribution in [0.3, 0.4) is 0 Å². The third-order valence-electron chi connectivity index (χ3n) is 3.78. The van der Waals surface area contributed by atoms with Gasteiger partial charge in [0.2, 0.25) is 0 Å². The van der Waals surface area contributed by atoms with Gasteiger partial charge in [0.25, 0.3) is 0 Å². The predicted molar refractivity (Wildman–Crippen MR) is 74.8 cm³/mol. The minimum Gasteiger partial charge on any atom is -0.468 e. The van der Waals surface area contributed by atoms with Gasteiger partial charge in [0.1, 0.15) is 5.76 Å². The van der Waals surface area contributed by atoms with Crippen molar-refractivity contribution in [3.05, 3.63) is 48.2 Å². The average molecular weight is 259 g/mol. The van der Waals surface area contributed by atoms with Crippen LogP contribution in [-0.4, -0.2) is 29.5 Å². The Balaban J connectivity index is 1.59. The van der Waals surface area contributed by atoms with Crippen LogP contribution in [0.25, 0.3) is 0 Å². The molecule has 1 saturated heterocycles. The van der Waals surface area contributed by atoms with E-state index in [-0.39, 0.29) is 0 Å². The molecule has 102 valence electrons. The fraction of sp³-hybridized carbons (Fsp3) is 0.467. The van der Waals surface area contributed by atoms with Gasteiger partial charge in [-0.15, -0.1) is 0 Å². The van der Waals surface area contributed by atoms with E-state index in [4.69, 9.17) is 4.42 Å². The maximum Gasteiger partial charge on any atom is 0.122 e. The largest absolute Gasteiger partial charge is 0.468 e. The van der Waals surface area contributed by atoms with Gasteiger partial charge < -0.3 is 14.7 Å². The molecule has 2 N–H and O–H groups in total. The van der Waals surface area contributed by atoms with E-state index in [0.717, 1.165) is 18.8 Å². The molecule has 0 radical (unpaired) electrons. The monoisotopic (exact) mass is 259 g/mol. The summed E-state index contributed by atoms with van der Waals surface area (Å²) >= 11 is 0. The molecule has 0 spiro atoms. The summed E-state index contributed by atoms with van der Waals surface area (Å²) < 4.78 is 5.61. The first kappa shape index (κ1) is 12.5. The predicted octanol–water partition coefficient (Wildman–Crippen LogP) is 2.53. The van der Waals surface area contributed by atoms with Gasteiger partial charge in [0.15, 0.2) is 0 Å². The van der Waals surface area contributed by atoms with Crippen molar-refractivity contribution in [2.24, 2.45) is 0 Å². The zero-order valence-electron chi connectivity index (χ0n) is 11.1. The normalized spacial score (nSPS) is 17.9. The maximum atomic E-state index is 5.61. The highest BCUT2D eigenvalue weighted by Gasteiger charge is 2.24. The second kappa shape index (κ2) is 6.08. The van der Waals surface area contributed by atoms with E-state index in [1.807, 2.05) is 18.5 Å². The third-order valence-corrected chi connectivity index (χ3v) is 3.78. The summed E-state index contributed by atoms with van der Waals surface area (Å²) in [5.74, 6) is 1.07. The number of nitrogens with zero attached hydrogens (tertiary/aromatic N) is 1. The molecule has 2 aromatic heterocycles. The van der Waals surface area contributed by atoms with Crippen molar-refractivity contribution in [2.45, 2.75) is 25.4 Å². The van der Waals surface area contributed by atoms with Gasteiger partial charge >= 0.3 is 0 Å². The molecule has 1 fully saturated rings. The SMILES string of the molecule is c1coc(C(CNCc2cc[nH]c2)N2CCCC2)c1. The van der Waals surface area contributed by atoms with E-state index in [1.54, 1.807) is 6.26 Å². The molecule has 3 rings (SSSR count). The van der Waals surface area contributed by atoms with Crippen molar-refractivity contribution < 1.29 is 4.42 Å². The van der Waals surface area contributed by atoms with Crippen LogP contribution in [0.4, 0.5) is 0 Å². The molecule has 19 heavy (non-hydrogen) atoms. The first-order valence-corrected chi connectivity index (χ1v) is 7.03. The summed E-state index contributed by atoms with van der Waals surface area (Å²) in [5.41, 5.74) is 1.29. The number of aromatic nitrogens is 1. The lowest BCUT2D eigenvalue weighted by Crippen LogP contribution is -2.33. The topological polar surface area (TPSA) is 44.2 Å². The van der Waals surface area contributed by atoms with Crippen LogP contribution in [0.5, 0.6) is 0 Å². The number of nitrogens with one attached hydrogen (secondary N) is 2. The number of likely N-dealkylation sites (tertiary alicyclic amines) is 1. The van der Waals surface area contributed by atoms with E-state index >= 15 is 0 Å². The summed E-state index contributed by atoms with van der Waals surface area (Å²) in [5, 5.41) is 3.53. The van der Waals surface area contributed by atoms with Crippen molar-refractivity contribution in [2.75, 3.05) is 19.6 Å². The zero-order valence-corrected chi connectivity index (χ0v) is 11.1. The highest BCUT2D eigenvalue weighted by Crippen LogP contribution is 2.24. The Morgan fingerprint density at radius 1 is 1.32 bits per heavy atom. The number of furan rings is 1. The molecule has 2 aromatic rings. The summed E-state index contributed by atoms with van der Waals surface area (Å²) in [7, 11) is 0. The molecule has 1 aliphatic heterocycles. The Hall–Kier alpha value is -1.52. The smallest absolute Gasteiger partial charge is 0.122 e. The average Bonchev–Trinajstić information content (AvgIpc) is 3.15. The van der Waals surface area contributed by atoms with Crippen LogP contribution in [0.2, 0.25) is 0 Å². The van der Waals surface area contributed by atoms with Gasteiger partial charge in [0, 0.05) is 25.5 Å². The minimum atomic E-state index is 0.358. The Morgan fingerprint density at radius 2 is 2.21 bits per heavy atom. The fourth-order valence-corrected chi connectivity index (χ4v) is 2.77. The molecule has 4 nitrogen and oxygen atoms in total. The van der Waals surface area contributed by atoms with Crippen LogP contribution in [0.1, 0.15) is 30.2 Å². The molecule has 1 aliphatic rings. The molecular formula is C15H21N3O. The highest BCUT2D eigenvalue weighted by atomic mass is 16.3. The molecule has 0 bridgehead atoms. The van der Waals surface area contributed by atoms with Gasteiger partial charge in [-0.2, -0.15) is 0 Å². The minimum absolute atomic E-state index is 0.358. The van der Waals surface area contributed by atoms with E-state index in [2.05, 4.69) is 27.3 Å². The molecule has 1 unspecified atom stereocenters. The van der Waals surface area contributed by atoms with Crippen molar-refractivity contribution in [1.29, 1.82) is 0 Å². The van der Waals surface area contributed by atoms with Crippen molar-refractivity contribution in [3.8, 4) is 0 Å². The molecular weight excluding hydrogens is 238 g/mol. The number of hydrogen-bond acceptors (Lipinski definition) is 3. The van der Waals surface area contributed by atoms with Gasteiger partial charge in [-0.3, -0.25) is 4.90 Å². The highest BCUT2D eigenvalue weighted by molar-refractivity contribution is 5.09. The quantitative estimate of drug-likeness (QED) is 0.838. The Kier molecular flexibility index (Phi) is 4.01. The Labute approximate surface area is 113 Å². The lowest BCUT2D eigenvalue weighted by molar-refractivity contribution is 0.209. The Bertz CT molecular complexity index is 458. The summed E-state index contributed by atoms with van der Waals surface area (Å²) in [6.45, 7) is 4.18. The second-order valence-electron chi connectivity index (χ2n) is 5.12. The van der Waals surface area contributed by atoms with Gasteiger partial charge in [-0.05, 0) is 49.7 Å². The summed E-state index contributed by atoms with van der Waals surface area (Å²) in [6, 6.07) is 6.52. The molecule has 1 atom stereocenters. The number of hydrogen-bond donors (Lipinski definition) is 2. The van der Waals surface area contributed by atoms with Crippen LogP contribution in [0.15, 0.2) is 41.3 Å². The van der Waals surface area contributed by atoms with Crippen molar-refractivity contribution in [3.63, 3.8) is 0 Å². The first-order chi connectivity index (χ1) is 9.43.